The first kappa shape index (κ1) is 14.5. The van der Waals surface area contributed by atoms with E-state index in [-0.39, 0.29) is 12.5 Å². The minimum absolute atomic E-state index is 0.0460. The number of amides is 1. The van der Waals surface area contributed by atoms with Gasteiger partial charge in [0, 0.05) is 13.7 Å². The van der Waals surface area contributed by atoms with Crippen LogP contribution in [0.25, 0.3) is 10.8 Å². The first-order valence-corrected chi connectivity index (χ1v) is 6.63. The Bertz CT molecular complexity index is 577. The Morgan fingerprint density at radius 3 is 2.80 bits per heavy atom. The zero-order valence-electron chi connectivity index (χ0n) is 11.5. The van der Waals surface area contributed by atoms with Crippen LogP contribution in [0.2, 0.25) is 0 Å². The standard InChI is InChI=1S/C16H19NO3/c1-20-11-16(19)17-10-9-15(18)14-8-4-6-12-5-2-3-7-13(12)14/h2-8,15,18H,9-11H2,1H3,(H,17,19)/t15-/m1/s1. The highest BCUT2D eigenvalue weighted by Crippen LogP contribution is 2.25. The number of fused-ring (bicyclic) bond motifs is 1. The largest absolute Gasteiger partial charge is 0.388 e. The van der Waals surface area contributed by atoms with Crippen molar-refractivity contribution in [2.24, 2.45) is 0 Å². The van der Waals surface area contributed by atoms with Crippen LogP contribution in [0.15, 0.2) is 42.5 Å². The lowest BCUT2D eigenvalue weighted by molar-refractivity contribution is -0.124. The van der Waals surface area contributed by atoms with E-state index < -0.39 is 6.10 Å². The van der Waals surface area contributed by atoms with Gasteiger partial charge >= 0.3 is 0 Å². The minimum atomic E-state index is -0.594. The summed E-state index contributed by atoms with van der Waals surface area (Å²) in [4.78, 5) is 11.3. The minimum Gasteiger partial charge on any atom is -0.388 e. The SMILES string of the molecule is COCC(=O)NCC[C@@H](O)c1cccc2ccccc12. The van der Waals surface area contributed by atoms with E-state index in [2.05, 4.69) is 5.32 Å². The van der Waals surface area contributed by atoms with Gasteiger partial charge in [-0.2, -0.15) is 0 Å². The molecule has 0 saturated heterocycles. The van der Waals surface area contributed by atoms with Crippen molar-refractivity contribution in [2.45, 2.75) is 12.5 Å². The van der Waals surface area contributed by atoms with Crippen molar-refractivity contribution in [2.75, 3.05) is 20.3 Å². The highest BCUT2D eigenvalue weighted by Gasteiger charge is 2.11. The van der Waals surface area contributed by atoms with E-state index in [9.17, 15) is 9.90 Å². The number of carbonyl (C=O) groups is 1. The van der Waals surface area contributed by atoms with Gasteiger partial charge in [0.15, 0.2) is 0 Å². The summed E-state index contributed by atoms with van der Waals surface area (Å²) in [5.41, 5.74) is 0.893. The molecule has 0 radical (unpaired) electrons. The van der Waals surface area contributed by atoms with E-state index in [1.54, 1.807) is 0 Å². The van der Waals surface area contributed by atoms with Crippen molar-refractivity contribution >= 4 is 16.7 Å². The summed E-state index contributed by atoms with van der Waals surface area (Å²) in [7, 11) is 1.48. The number of methoxy groups -OCH3 is 1. The topological polar surface area (TPSA) is 58.6 Å². The molecule has 4 heteroatoms. The number of carbonyl (C=O) groups excluding carboxylic acids is 1. The third kappa shape index (κ3) is 3.56. The summed E-state index contributed by atoms with van der Waals surface area (Å²) in [5, 5.41) is 15.1. The molecule has 0 aromatic heterocycles. The summed E-state index contributed by atoms with van der Waals surface area (Å²) in [5.74, 6) is -0.169. The van der Waals surface area contributed by atoms with Crippen LogP contribution in [-0.4, -0.2) is 31.3 Å². The van der Waals surface area contributed by atoms with Crippen LogP contribution in [0.1, 0.15) is 18.1 Å². The van der Waals surface area contributed by atoms with E-state index in [1.165, 1.54) is 7.11 Å². The summed E-state index contributed by atoms with van der Waals surface area (Å²) in [6.45, 7) is 0.469. The molecule has 2 rings (SSSR count). The molecule has 2 N–H and O–H groups in total. The molecule has 0 bridgehead atoms. The second-order valence-corrected chi connectivity index (χ2v) is 4.66. The quantitative estimate of drug-likeness (QED) is 0.846. The Labute approximate surface area is 118 Å². The maximum absolute atomic E-state index is 11.3. The van der Waals surface area contributed by atoms with Crippen molar-refractivity contribution in [3.63, 3.8) is 0 Å². The second kappa shape index (κ2) is 7.03. The summed E-state index contributed by atoms with van der Waals surface area (Å²) < 4.78 is 4.73. The van der Waals surface area contributed by atoms with Gasteiger partial charge in [-0.05, 0) is 22.8 Å². The Balaban J connectivity index is 2.01. The van der Waals surface area contributed by atoms with E-state index in [0.717, 1.165) is 16.3 Å². The van der Waals surface area contributed by atoms with E-state index in [4.69, 9.17) is 4.74 Å². The number of hydrogen-bond donors (Lipinski definition) is 2. The Morgan fingerprint density at radius 1 is 1.25 bits per heavy atom. The molecule has 1 amide bonds. The Kier molecular flexibility index (Phi) is 5.09. The van der Waals surface area contributed by atoms with Gasteiger partial charge in [-0.1, -0.05) is 42.5 Å². The zero-order chi connectivity index (χ0) is 14.4. The van der Waals surface area contributed by atoms with Crippen molar-refractivity contribution in [3.8, 4) is 0 Å². The molecule has 20 heavy (non-hydrogen) atoms. The molecule has 0 aliphatic rings. The fraction of sp³-hybridized carbons (Fsp3) is 0.312. The van der Waals surface area contributed by atoms with E-state index >= 15 is 0 Å². The highest BCUT2D eigenvalue weighted by molar-refractivity contribution is 5.86. The molecule has 2 aromatic carbocycles. The average molecular weight is 273 g/mol. The van der Waals surface area contributed by atoms with Gasteiger partial charge in [0.1, 0.15) is 6.61 Å². The maximum atomic E-state index is 11.3. The fourth-order valence-electron chi connectivity index (χ4n) is 2.23. The molecule has 4 nitrogen and oxygen atoms in total. The lowest BCUT2D eigenvalue weighted by atomic mass is 9.99. The highest BCUT2D eigenvalue weighted by atomic mass is 16.5. The van der Waals surface area contributed by atoms with Crippen molar-refractivity contribution in [1.82, 2.24) is 5.32 Å². The van der Waals surface area contributed by atoms with Gasteiger partial charge in [0.25, 0.3) is 0 Å². The smallest absolute Gasteiger partial charge is 0.245 e. The van der Waals surface area contributed by atoms with Crippen LogP contribution < -0.4 is 5.32 Å². The third-order valence-corrected chi connectivity index (χ3v) is 3.20. The van der Waals surface area contributed by atoms with E-state index in [0.29, 0.717) is 13.0 Å². The number of benzene rings is 2. The van der Waals surface area contributed by atoms with Gasteiger partial charge in [-0.15, -0.1) is 0 Å². The molecule has 0 unspecified atom stereocenters. The monoisotopic (exact) mass is 273 g/mol. The molecule has 0 aliphatic heterocycles. The summed E-state index contributed by atoms with van der Waals surface area (Å²) in [6, 6.07) is 13.8. The predicted octanol–water partition coefficient (Wildman–Crippen LogP) is 2.03. The second-order valence-electron chi connectivity index (χ2n) is 4.66. The number of rotatable bonds is 6. The molecular weight excluding hydrogens is 254 g/mol. The molecule has 1 atom stereocenters. The van der Waals surface area contributed by atoms with Gasteiger partial charge < -0.3 is 15.2 Å². The molecule has 2 aromatic rings. The van der Waals surface area contributed by atoms with Crippen molar-refractivity contribution < 1.29 is 14.6 Å². The van der Waals surface area contributed by atoms with Crippen LogP contribution in [-0.2, 0) is 9.53 Å². The van der Waals surface area contributed by atoms with Gasteiger partial charge in [0.05, 0.1) is 6.10 Å². The Morgan fingerprint density at radius 2 is 2.00 bits per heavy atom. The van der Waals surface area contributed by atoms with Crippen LogP contribution in [0.5, 0.6) is 0 Å². The van der Waals surface area contributed by atoms with Gasteiger partial charge in [-0.3, -0.25) is 4.79 Å². The number of nitrogens with one attached hydrogen (secondary N) is 1. The Hall–Kier alpha value is -1.91. The van der Waals surface area contributed by atoms with Crippen LogP contribution in [0, 0.1) is 0 Å². The maximum Gasteiger partial charge on any atom is 0.245 e. The summed E-state index contributed by atoms with van der Waals surface area (Å²) >= 11 is 0. The van der Waals surface area contributed by atoms with Crippen LogP contribution in [0.4, 0.5) is 0 Å². The summed E-state index contributed by atoms with van der Waals surface area (Å²) in [6.07, 6.45) is -0.118. The molecular formula is C16H19NO3. The lowest BCUT2D eigenvalue weighted by Crippen LogP contribution is -2.28. The normalized spacial score (nSPS) is 12.3. The molecule has 0 heterocycles. The van der Waals surface area contributed by atoms with Gasteiger partial charge in [-0.25, -0.2) is 0 Å². The predicted molar refractivity (Wildman–Crippen MR) is 78.4 cm³/mol. The lowest BCUT2D eigenvalue weighted by Gasteiger charge is -2.14. The number of hydrogen-bond acceptors (Lipinski definition) is 3. The molecule has 0 fully saturated rings. The fourth-order valence-corrected chi connectivity index (χ4v) is 2.23. The molecule has 106 valence electrons. The van der Waals surface area contributed by atoms with Gasteiger partial charge in [0.2, 0.25) is 5.91 Å². The van der Waals surface area contributed by atoms with Crippen molar-refractivity contribution in [1.29, 1.82) is 0 Å². The number of aliphatic hydroxyl groups is 1. The molecule has 0 spiro atoms. The number of aliphatic hydroxyl groups excluding tert-OH is 1. The molecule has 0 saturated carbocycles. The first-order chi connectivity index (χ1) is 9.72. The average Bonchev–Trinajstić information content (AvgIpc) is 2.47. The third-order valence-electron chi connectivity index (χ3n) is 3.20. The number of ether oxygens (including phenoxy) is 1. The van der Waals surface area contributed by atoms with E-state index in [1.807, 2.05) is 42.5 Å². The van der Waals surface area contributed by atoms with Crippen molar-refractivity contribution in [3.05, 3.63) is 48.0 Å². The van der Waals surface area contributed by atoms with Crippen LogP contribution in [0.3, 0.4) is 0 Å². The molecule has 0 aliphatic carbocycles. The first-order valence-electron chi connectivity index (χ1n) is 6.63. The van der Waals surface area contributed by atoms with Crippen LogP contribution >= 0.6 is 0 Å². The zero-order valence-corrected chi connectivity index (χ0v) is 11.5.